The number of carbonyl (C=O) groups is 2. The van der Waals surface area contributed by atoms with Crippen molar-refractivity contribution in [1.29, 1.82) is 0 Å². The van der Waals surface area contributed by atoms with Gasteiger partial charge in [-0.2, -0.15) is 22.7 Å². The molecule has 0 saturated heterocycles. The third kappa shape index (κ3) is 3.53. The van der Waals surface area contributed by atoms with E-state index in [1.807, 2.05) is 0 Å². The van der Waals surface area contributed by atoms with E-state index in [1.54, 1.807) is 0 Å². The first-order valence-electron chi connectivity index (χ1n) is 6.49. The number of ketones is 1. The Morgan fingerprint density at radius 3 is 2.46 bits per heavy atom. The molecule has 1 N–H and O–H groups in total. The number of benzene rings is 1. The van der Waals surface area contributed by atoms with E-state index in [0.717, 1.165) is 7.05 Å². The minimum absolute atomic E-state index is 0.0212. The highest BCUT2D eigenvalue weighted by atomic mass is 19.4. The maximum absolute atomic E-state index is 13.7. The molecule has 0 spiro atoms. The van der Waals surface area contributed by atoms with Gasteiger partial charge in [-0.3, -0.25) is 10.1 Å². The normalized spacial score (nSPS) is 11.2. The molecule has 1 amide bonds. The van der Waals surface area contributed by atoms with Gasteiger partial charge in [0.05, 0.1) is 5.69 Å². The lowest BCUT2D eigenvalue weighted by atomic mass is 10.1. The van der Waals surface area contributed by atoms with Crippen LogP contribution in [0.1, 0.15) is 23.0 Å². The van der Waals surface area contributed by atoms with E-state index in [-0.39, 0.29) is 17.0 Å². The molecule has 6 nitrogen and oxygen atoms in total. The van der Waals surface area contributed by atoms with Crippen molar-refractivity contribution in [1.82, 2.24) is 9.78 Å². The molecule has 2 aromatic rings. The topological polar surface area (TPSA) is 73.2 Å². The summed E-state index contributed by atoms with van der Waals surface area (Å²) in [5, 5.41) is 5.05. The Bertz CT molecular complexity index is 799. The molecule has 0 saturated carbocycles. The summed E-state index contributed by atoms with van der Waals surface area (Å²) in [5.74, 6) is -3.19. The summed E-state index contributed by atoms with van der Waals surface area (Å²) in [4.78, 5) is 23.2. The lowest BCUT2D eigenvalue weighted by molar-refractivity contribution is -0.142. The number of amides is 1. The maximum atomic E-state index is 13.7. The van der Waals surface area contributed by atoms with E-state index >= 15 is 0 Å². The number of nitrogens with one attached hydrogen (secondary N) is 1. The Kier molecular flexibility index (Phi) is 4.58. The van der Waals surface area contributed by atoms with Gasteiger partial charge in [0.2, 0.25) is 11.4 Å². The lowest BCUT2D eigenvalue weighted by Gasteiger charge is -2.10. The van der Waals surface area contributed by atoms with Crippen LogP contribution in [0.2, 0.25) is 0 Å². The number of alkyl halides is 3. The lowest BCUT2D eigenvalue weighted by Crippen LogP contribution is -2.20. The van der Waals surface area contributed by atoms with E-state index < -0.39 is 29.7 Å². The van der Waals surface area contributed by atoms with Crippen LogP contribution in [0.25, 0.3) is 0 Å². The Labute approximate surface area is 133 Å². The predicted octanol–water partition coefficient (Wildman–Crippen LogP) is 3.39. The monoisotopic (exact) mass is 345 g/mol. The summed E-state index contributed by atoms with van der Waals surface area (Å²) < 4.78 is 56.8. The highest BCUT2D eigenvalue weighted by Gasteiger charge is 2.41. The quantitative estimate of drug-likeness (QED) is 0.684. The van der Waals surface area contributed by atoms with Crippen molar-refractivity contribution in [2.24, 2.45) is 7.05 Å². The molecule has 128 valence electrons. The Morgan fingerprint density at radius 2 is 1.88 bits per heavy atom. The number of hydrogen-bond donors (Lipinski definition) is 1. The molecule has 1 aromatic carbocycles. The van der Waals surface area contributed by atoms with E-state index in [2.05, 4.69) is 15.2 Å². The molecule has 0 fully saturated rings. The van der Waals surface area contributed by atoms with Crippen molar-refractivity contribution in [2.45, 2.75) is 13.1 Å². The third-order valence-corrected chi connectivity index (χ3v) is 2.94. The average Bonchev–Trinajstić information content (AvgIpc) is 2.76. The summed E-state index contributed by atoms with van der Waals surface area (Å²) in [6.45, 7) is 1.24. The van der Waals surface area contributed by atoms with Crippen LogP contribution >= 0.6 is 0 Å². The molecular weight excluding hydrogens is 334 g/mol. The van der Waals surface area contributed by atoms with Gasteiger partial charge in [-0.05, 0) is 19.1 Å². The second kappa shape index (κ2) is 6.30. The van der Waals surface area contributed by atoms with Crippen molar-refractivity contribution >= 4 is 17.6 Å². The number of anilines is 1. The Hall–Kier alpha value is -2.91. The highest BCUT2D eigenvalue weighted by Crippen LogP contribution is 2.36. The number of rotatable bonds is 3. The van der Waals surface area contributed by atoms with Crippen LogP contribution < -0.4 is 10.1 Å². The van der Waals surface area contributed by atoms with Crippen molar-refractivity contribution < 1.29 is 31.9 Å². The first-order valence-corrected chi connectivity index (χ1v) is 6.49. The van der Waals surface area contributed by atoms with Gasteiger partial charge in [0, 0.05) is 12.6 Å². The summed E-state index contributed by atoms with van der Waals surface area (Å²) in [7, 11) is 0.931. The molecule has 0 unspecified atom stereocenters. The Balaban J connectivity index is 2.28. The van der Waals surface area contributed by atoms with E-state index in [9.17, 15) is 27.2 Å². The molecule has 1 heterocycles. The van der Waals surface area contributed by atoms with E-state index in [4.69, 9.17) is 0 Å². The number of nitrogens with zero attached hydrogens (tertiary/aromatic N) is 2. The van der Waals surface area contributed by atoms with Crippen LogP contribution in [0.4, 0.5) is 28.0 Å². The summed E-state index contributed by atoms with van der Waals surface area (Å²) in [5.41, 5.74) is -1.53. The minimum Gasteiger partial charge on any atom is -0.403 e. The zero-order valence-electron chi connectivity index (χ0n) is 12.4. The van der Waals surface area contributed by atoms with Crippen LogP contribution in [-0.4, -0.2) is 21.7 Å². The smallest absolute Gasteiger partial charge is 0.403 e. The second-order valence-corrected chi connectivity index (χ2v) is 4.71. The van der Waals surface area contributed by atoms with Crippen LogP contribution in [0.5, 0.6) is 5.75 Å². The van der Waals surface area contributed by atoms with Crippen LogP contribution in [-0.2, 0) is 13.2 Å². The van der Waals surface area contributed by atoms with Gasteiger partial charge >= 0.3 is 12.3 Å². The molecule has 24 heavy (non-hydrogen) atoms. The highest BCUT2D eigenvalue weighted by molar-refractivity contribution is 6.02. The summed E-state index contributed by atoms with van der Waals surface area (Å²) in [6.07, 6.45) is -6.39. The molecular formula is C14H11F4N3O3. The van der Waals surface area contributed by atoms with E-state index in [1.165, 1.54) is 31.2 Å². The van der Waals surface area contributed by atoms with Gasteiger partial charge in [0.15, 0.2) is 5.78 Å². The number of ether oxygens (including phenoxy) is 1. The van der Waals surface area contributed by atoms with Crippen molar-refractivity contribution in [3.8, 4) is 5.75 Å². The molecule has 0 aliphatic heterocycles. The van der Waals surface area contributed by atoms with Gasteiger partial charge in [0.25, 0.3) is 5.95 Å². The molecule has 2 rings (SSSR count). The number of para-hydroxylation sites is 1. The predicted molar refractivity (Wildman–Crippen MR) is 74.3 cm³/mol. The average molecular weight is 345 g/mol. The Morgan fingerprint density at radius 1 is 1.25 bits per heavy atom. The van der Waals surface area contributed by atoms with Crippen molar-refractivity contribution in [3.05, 3.63) is 41.5 Å². The minimum atomic E-state index is -5.00. The third-order valence-electron chi connectivity index (χ3n) is 2.94. The molecule has 0 atom stereocenters. The SMILES string of the molecule is CC(=O)c1ccccc1NC(=O)Oc1c(C(F)(F)F)nn(C)c1F. The van der Waals surface area contributed by atoms with Gasteiger partial charge in [-0.25, -0.2) is 9.48 Å². The van der Waals surface area contributed by atoms with Gasteiger partial charge in [-0.15, -0.1) is 0 Å². The number of aromatic nitrogens is 2. The fraction of sp³-hybridized carbons (Fsp3) is 0.214. The zero-order chi connectivity index (χ0) is 18.1. The fourth-order valence-corrected chi connectivity index (χ4v) is 1.89. The molecule has 0 bridgehead atoms. The number of Topliss-reactive ketones (excluding diaryl/α,β-unsaturated/α-hetero) is 1. The maximum Gasteiger partial charge on any atom is 0.439 e. The van der Waals surface area contributed by atoms with Crippen molar-refractivity contribution in [2.75, 3.05) is 5.32 Å². The molecule has 0 aliphatic carbocycles. The van der Waals surface area contributed by atoms with Crippen molar-refractivity contribution in [3.63, 3.8) is 0 Å². The van der Waals surface area contributed by atoms with Crippen LogP contribution in [0.3, 0.4) is 0 Å². The van der Waals surface area contributed by atoms with Crippen LogP contribution in [0, 0.1) is 5.95 Å². The van der Waals surface area contributed by atoms with Crippen LogP contribution in [0.15, 0.2) is 24.3 Å². The van der Waals surface area contributed by atoms with Gasteiger partial charge in [-0.1, -0.05) is 12.1 Å². The molecule has 1 aromatic heterocycles. The van der Waals surface area contributed by atoms with E-state index in [0.29, 0.717) is 4.68 Å². The molecule has 0 aliphatic rings. The number of hydrogen-bond acceptors (Lipinski definition) is 4. The zero-order valence-corrected chi connectivity index (χ0v) is 12.4. The first kappa shape index (κ1) is 17.4. The molecule has 10 heteroatoms. The van der Waals surface area contributed by atoms with Gasteiger partial charge < -0.3 is 4.74 Å². The largest absolute Gasteiger partial charge is 0.439 e. The summed E-state index contributed by atoms with van der Waals surface area (Å²) >= 11 is 0. The number of carbonyl (C=O) groups excluding carboxylic acids is 2. The fourth-order valence-electron chi connectivity index (χ4n) is 1.89. The summed E-state index contributed by atoms with van der Waals surface area (Å²) in [6, 6.07) is 5.79. The number of aryl methyl sites for hydroxylation is 1. The molecule has 0 radical (unpaired) electrons. The van der Waals surface area contributed by atoms with Gasteiger partial charge in [0.1, 0.15) is 0 Å². The standard InChI is InChI=1S/C14H11F4N3O3/c1-7(22)8-5-3-4-6-9(8)19-13(23)24-10-11(14(16,17)18)20-21(2)12(10)15/h3-6H,1-2H3,(H,19,23). The first-order chi connectivity index (χ1) is 11.1. The number of halogens is 4. The second-order valence-electron chi connectivity index (χ2n) is 4.71.